The first-order valence-corrected chi connectivity index (χ1v) is 7.90. The van der Waals surface area contributed by atoms with Gasteiger partial charge in [-0.05, 0) is 18.1 Å². The van der Waals surface area contributed by atoms with E-state index < -0.39 is 0 Å². The number of nitrogens with one attached hydrogen (secondary N) is 1. The highest BCUT2D eigenvalue weighted by atomic mass is 35.5. The Hall–Kier alpha value is -0.350. The number of halogens is 3. The molecular formula is C15H21Cl2FN2. The van der Waals surface area contributed by atoms with Crippen LogP contribution in [0.25, 0.3) is 0 Å². The Morgan fingerprint density at radius 3 is 2.45 bits per heavy atom. The summed E-state index contributed by atoms with van der Waals surface area (Å²) in [7, 11) is 0. The molecule has 0 amide bonds. The molecule has 1 aromatic carbocycles. The van der Waals surface area contributed by atoms with Gasteiger partial charge >= 0.3 is 0 Å². The van der Waals surface area contributed by atoms with Gasteiger partial charge in [0.05, 0.1) is 5.02 Å². The molecule has 1 N–H and O–H groups in total. The molecular weight excluding hydrogens is 298 g/mol. The average Bonchev–Trinajstić information content (AvgIpc) is 2.48. The van der Waals surface area contributed by atoms with Gasteiger partial charge < -0.3 is 5.32 Å². The standard InChI is InChI=1S/C15H21Cl2FN2/c1-3-10(2)15(20-8-6-19-7-9-20)13-11(16)4-5-12(17)14(13)18/h4-5,10,15,19H,3,6-9H2,1-2H3/t10?,15-/m1/s1. The van der Waals surface area contributed by atoms with E-state index in [-0.39, 0.29) is 16.9 Å². The first-order valence-electron chi connectivity index (χ1n) is 7.14. The van der Waals surface area contributed by atoms with Gasteiger partial charge in [-0.25, -0.2) is 4.39 Å². The lowest BCUT2D eigenvalue weighted by Gasteiger charge is -2.39. The molecule has 112 valence electrons. The first kappa shape index (κ1) is 16.0. The van der Waals surface area contributed by atoms with Crippen LogP contribution < -0.4 is 5.32 Å². The summed E-state index contributed by atoms with van der Waals surface area (Å²) in [4.78, 5) is 2.31. The third-order valence-corrected chi connectivity index (χ3v) is 4.72. The summed E-state index contributed by atoms with van der Waals surface area (Å²) in [6, 6.07) is 3.20. The van der Waals surface area contributed by atoms with Crippen molar-refractivity contribution in [3.05, 3.63) is 33.6 Å². The van der Waals surface area contributed by atoms with Crippen LogP contribution in [0.15, 0.2) is 12.1 Å². The van der Waals surface area contributed by atoms with Crippen molar-refractivity contribution in [2.75, 3.05) is 26.2 Å². The number of hydrogen-bond acceptors (Lipinski definition) is 2. The van der Waals surface area contributed by atoms with Gasteiger partial charge in [0.15, 0.2) is 0 Å². The topological polar surface area (TPSA) is 15.3 Å². The van der Waals surface area contributed by atoms with Gasteiger partial charge in [0, 0.05) is 42.8 Å². The van der Waals surface area contributed by atoms with Crippen molar-refractivity contribution < 1.29 is 4.39 Å². The number of piperazine rings is 1. The van der Waals surface area contributed by atoms with E-state index >= 15 is 0 Å². The summed E-state index contributed by atoms with van der Waals surface area (Å²) in [6.07, 6.45) is 0.969. The van der Waals surface area contributed by atoms with Crippen LogP contribution in [0.2, 0.25) is 10.0 Å². The van der Waals surface area contributed by atoms with Crippen molar-refractivity contribution in [1.29, 1.82) is 0 Å². The van der Waals surface area contributed by atoms with E-state index in [1.807, 2.05) is 0 Å². The number of benzene rings is 1. The van der Waals surface area contributed by atoms with Crippen LogP contribution in [0.5, 0.6) is 0 Å². The van der Waals surface area contributed by atoms with Gasteiger partial charge in [0.25, 0.3) is 0 Å². The molecule has 0 radical (unpaired) electrons. The van der Waals surface area contributed by atoms with Crippen LogP contribution in [0, 0.1) is 11.7 Å². The van der Waals surface area contributed by atoms with E-state index in [4.69, 9.17) is 23.2 Å². The Morgan fingerprint density at radius 1 is 1.25 bits per heavy atom. The van der Waals surface area contributed by atoms with E-state index in [1.165, 1.54) is 6.07 Å². The van der Waals surface area contributed by atoms with Gasteiger partial charge in [-0.15, -0.1) is 0 Å². The molecule has 1 unspecified atom stereocenters. The molecule has 2 nitrogen and oxygen atoms in total. The minimum Gasteiger partial charge on any atom is -0.314 e. The molecule has 1 aliphatic heterocycles. The van der Waals surface area contributed by atoms with Gasteiger partial charge in [0.2, 0.25) is 0 Å². The highest BCUT2D eigenvalue weighted by Crippen LogP contribution is 2.38. The second-order valence-corrected chi connectivity index (χ2v) is 6.19. The van der Waals surface area contributed by atoms with Crippen molar-refractivity contribution in [3.8, 4) is 0 Å². The molecule has 0 bridgehead atoms. The van der Waals surface area contributed by atoms with Gasteiger partial charge in [-0.3, -0.25) is 4.90 Å². The molecule has 20 heavy (non-hydrogen) atoms. The maximum Gasteiger partial charge on any atom is 0.148 e. The number of nitrogens with zero attached hydrogens (tertiary/aromatic N) is 1. The summed E-state index contributed by atoms with van der Waals surface area (Å²) in [5.41, 5.74) is 0.551. The molecule has 0 aliphatic carbocycles. The molecule has 1 fully saturated rings. The minimum absolute atomic E-state index is 0.0201. The van der Waals surface area contributed by atoms with Crippen LogP contribution in [-0.4, -0.2) is 31.1 Å². The summed E-state index contributed by atoms with van der Waals surface area (Å²) < 4.78 is 14.5. The Labute approximate surface area is 130 Å². The van der Waals surface area contributed by atoms with E-state index in [0.29, 0.717) is 16.5 Å². The lowest BCUT2D eigenvalue weighted by molar-refractivity contribution is 0.125. The Morgan fingerprint density at radius 2 is 1.85 bits per heavy atom. The second kappa shape index (κ2) is 7.08. The lowest BCUT2D eigenvalue weighted by Crippen LogP contribution is -2.46. The minimum atomic E-state index is -0.372. The molecule has 1 heterocycles. The fourth-order valence-corrected chi connectivity index (χ4v) is 3.25. The smallest absolute Gasteiger partial charge is 0.148 e. The SMILES string of the molecule is CCC(C)[C@H](c1c(Cl)ccc(Cl)c1F)N1CCNCC1. The van der Waals surface area contributed by atoms with E-state index in [2.05, 4.69) is 24.1 Å². The van der Waals surface area contributed by atoms with Crippen molar-refractivity contribution in [2.24, 2.45) is 5.92 Å². The number of hydrogen-bond donors (Lipinski definition) is 1. The van der Waals surface area contributed by atoms with Crippen molar-refractivity contribution in [1.82, 2.24) is 10.2 Å². The zero-order valence-corrected chi connectivity index (χ0v) is 13.4. The van der Waals surface area contributed by atoms with Gasteiger partial charge in [-0.1, -0.05) is 43.5 Å². The fraction of sp³-hybridized carbons (Fsp3) is 0.600. The Kier molecular flexibility index (Phi) is 5.67. The molecule has 1 aromatic rings. The van der Waals surface area contributed by atoms with Crippen LogP contribution >= 0.6 is 23.2 Å². The van der Waals surface area contributed by atoms with Gasteiger partial charge in [0.1, 0.15) is 5.82 Å². The molecule has 2 rings (SSSR count). The normalized spacial score (nSPS) is 19.9. The van der Waals surface area contributed by atoms with Crippen LogP contribution in [0.4, 0.5) is 4.39 Å². The monoisotopic (exact) mass is 318 g/mol. The third kappa shape index (κ3) is 3.28. The summed E-state index contributed by atoms with van der Waals surface area (Å²) in [5, 5.41) is 3.94. The summed E-state index contributed by atoms with van der Waals surface area (Å²) in [5.74, 6) is -0.0541. The van der Waals surface area contributed by atoms with Crippen LogP contribution in [0.3, 0.4) is 0 Å². The highest BCUT2D eigenvalue weighted by Gasteiger charge is 2.31. The van der Waals surface area contributed by atoms with E-state index in [0.717, 1.165) is 32.6 Å². The Balaban J connectivity index is 2.43. The Bertz CT molecular complexity index is 461. The largest absolute Gasteiger partial charge is 0.314 e. The molecule has 0 spiro atoms. The molecule has 1 saturated heterocycles. The van der Waals surface area contributed by atoms with Crippen molar-refractivity contribution in [3.63, 3.8) is 0 Å². The van der Waals surface area contributed by atoms with Gasteiger partial charge in [-0.2, -0.15) is 0 Å². The van der Waals surface area contributed by atoms with Crippen molar-refractivity contribution in [2.45, 2.75) is 26.3 Å². The molecule has 0 saturated carbocycles. The quantitative estimate of drug-likeness (QED) is 0.840. The maximum absolute atomic E-state index is 14.5. The van der Waals surface area contributed by atoms with E-state index in [9.17, 15) is 4.39 Å². The molecule has 2 atom stereocenters. The highest BCUT2D eigenvalue weighted by molar-refractivity contribution is 6.33. The molecule has 1 aliphatic rings. The summed E-state index contributed by atoms with van der Waals surface area (Å²) in [6.45, 7) is 7.91. The fourth-order valence-electron chi connectivity index (χ4n) is 2.82. The average molecular weight is 319 g/mol. The zero-order chi connectivity index (χ0) is 14.7. The van der Waals surface area contributed by atoms with E-state index in [1.54, 1.807) is 6.07 Å². The zero-order valence-electron chi connectivity index (χ0n) is 11.9. The van der Waals surface area contributed by atoms with Crippen LogP contribution in [0.1, 0.15) is 31.9 Å². The van der Waals surface area contributed by atoms with Crippen molar-refractivity contribution >= 4 is 23.2 Å². The second-order valence-electron chi connectivity index (χ2n) is 5.37. The predicted octanol–water partition coefficient (Wildman–Crippen LogP) is 4.12. The third-order valence-electron chi connectivity index (χ3n) is 4.10. The first-order chi connectivity index (χ1) is 9.56. The van der Waals surface area contributed by atoms with Crippen LogP contribution in [-0.2, 0) is 0 Å². The summed E-state index contributed by atoms with van der Waals surface area (Å²) >= 11 is 12.2. The maximum atomic E-state index is 14.5. The molecule has 0 aromatic heterocycles. The predicted molar refractivity (Wildman–Crippen MR) is 83.1 cm³/mol. The lowest BCUT2D eigenvalue weighted by atomic mass is 9.90. The number of rotatable bonds is 4. The molecule has 5 heteroatoms.